The number of unbranched alkanes of at least 4 members (excludes halogenated alkanes) is 1. The lowest BCUT2D eigenvalue weighted by atomic mass is 10.1. The predicted molar refractivity (Wildman–Crippen MR) is 105 cm³/mol. The normalized spacial score (nSPS) is 17.3. The fourth-order valence-electron chi connectivity index (χ4n) is 2.79. The summed E-state index contributed by atoms with van der Waals surface area (Å²) in [6, 6.07) is 4.70. The van der Waals surface area contributed by atoms with Crippen LogP contribution in [0, 0.1) is 0 Å². The summed E-state index contributed by atoms with van der Waals surface area (Å²) in [4.78, 5) is 37.2. The predicted octanol–water partition coefficient (Wildman–Crippen LogP) is -2.64. The SMILES string of the molecule is C[S+](C)Cc1ccc2cc1C(=O)NCC(=O)NC(CCCCN)C(=O)N2.[Br-]. The fraction of sp³-hybridized carbons (Fsp3) is 0.500. The average Bonchev–Trinajstić information content (AvgIpc) is 2.60. The summed E-state index contributed by atoms with van der Waals surface area (Å²) in [5, 5.41) is 8.16. The third-order valence-electron chi connectivity index (χ3n) is 4.07. The van der Waals surface area contributed by atoms with Crippen molar-refractivity contribution in [2.45, 2.75) is 31.1 Å². The van der Waals surface area contributed by atoms with E-state index in [1.54, 1.807) is 12.1 Å². The second kappa shape index (κ2) is 11.3. The highest BCUT2D eigenvalue weighted by Crippen LogP contribution is 2.19. The summed E-state index contributed by atoms with van der Waals surface area (Å²) in [7, 11) is 0.122. The summed E-state index contributed by atoms with van der Waals surface area (Å²) in [5.41, 5.74) is 7.46. The molecule has 7 nitrogen and oxygen atoms in total. The molecule has 9 heteroatoms. The first-order valence-corrected chi connectivity index (χ1v) is 10.9. The topological polar surface area (TPSA) is 113 Å². The third kappa shape index (κ3) is 7.15. The lowest BCUT2D eigenvalue weighted by Gasteiger charge is -2.18. The number of hydrogen-bond donors (Lipinski definition) is 4. The molecule has 0 radical (unpaired) electrons. The van der Waals surface area contributed by atoms with Crippen LogP contribution in [0.4, 0.5) is 5.69 Å². The van der Waals surface area contributed by atoms with Gasteiger partial charge in [0.25, 0.3) is 5.91 Å². The number of nitrogens with two attached hydrogens (primary N) is 1. The van der Waals surface area contributed by atoms with Crippen LogP contribution in [0.25, 0.3) is 0 Å². The molecule has 3 amide bonds. The van der Waals surface area contributed by atoms with Crippen LogP contribution in [0.5, 0.6) is 0 Å². The van der Waals surface area contributed by atoms with Gasteiger partial charge < -0.3 is 38.7 Å². The van der Waals surface area contributed by atoms with Gasteiger partial charge in [-0.15, -0.1) is 0 Å². The Morgan fingerprint density at radius 1 is 1.19 bits per heavy atom. The smallest absolute Gasteiger partial charge is 0.252 e. The minimum Gasteiger partial charge on any atom is -1.00 e. The van der Waals surface area contributed by atoms with E-state index in [0.717, 1.165) is 24.2 Å². The van der Waals surface area contributed by atoms with Gasteiger partial charge in [0.15, 0.2) is 0 Å². The van der Waals surface area contributed by atoms with Crippen molar-refractivity contribution in [3.8, 4) is 0 Å². The van der Waals surface area contributed by atoms with Crippen molar-refractivity contribution in [2.75, 3.05) is 30.9 Å². The Morgan fingerprint density at radius 2 is 1.93 bits per heavy atom. The molecule has 1 heterocycles. The minimum absolute atomic E-state index is 0. The van der Waals surface area contributed by atoms with E-state index in [2.05, 4.69) is 28.5 Å². The molecule has 0 aliphatic carbocycles. The Balaban J connectivity index is 0.00000364. The van der Waals surface area contributed by atoms with Crippen molar-refractivity contribution in [3.05, 3.63) is 29.3 Å². The van der Waals surface area contributed by atoms with Gasteiger partial charge in [-0.3, -0.25) is 14.4 Å². The zero-order valence-corrected chi connectivity index (χ0v) is 18.0. The molecule has 1 aliphatic rings. The largest absolute Gasteiger partial charge is 1.00 e. The Hall–Kier alpha value is -1.58. The number of fused-ring (bicyclic) bond motifs is 2. The van der Waals surface area contributed by atoms with E-state index in [1.807, 2.05) is 6.07 Å². The van der Waals surface area contributed by atoms with Gasteiger partial charge in [-0.05, 0) is 48.8 Å². The van der Waals surface area contributed by atoms with Gasteiger partial charge >= 0.3 is 0 Å². The van der Waals surface area contributed by atoms with Gasteiger partial charge in [0, 0.05) is 16.8 Å². The van der Waals surface area contributed by atoms with Gasteiger partial charge in [-0.1, -0.05) is 6.07 Å². The highest BCUT2D eigenvalue weighted by molar-refractivity contribution is 7.94. The van der Waals surface area contributed by atoms with Gasteiger partial charge in [-0.2, -0.15) is 0 Å². The van der Waals surface area contributed by atoms with Crippen molar-refractivity contribution in [1.29, 1.82) is 0 Å². The van der Waals surface area contributed by atoms with Crippen molar-refractivity contribution in [2.24, 2.45) is 5.73 Å². The highest BCUT2D eigenvalue weighted by atomic mass is 79.9. The molecule has 1 aliphatic heterocycles. The number of carbonyl (C=O) groups excluding carboxylic acids is 3. The molecule has 0 fully saturated rings. The van der Waals surface area contributed by atoms with Crippen LogP contribution in [0.3, 0.4) is 0 Å². The Bertz CT molecular complexity index is 685. The fourth-order valence-corrected chi connectivity index (χ4v) is 3.67. The van der Waals surface area contributed by atoms with E-state index in [1.165, 1.54) is 0 Å². The maximum Gasteiger partial charge on any atom is 0.252 e. The second-order valence-corrected chi connectivity index (χ2v) is 8.84. The molecule has 0 saturated heterocycles. The number of benzene rings is 1. The molecular weight excluding hydrogens is 432 g/mol. The van der Waals surface area contributed by atoms with Crippen LogP contribution >= 0.6 is 0 Å². The summed E-state index contributed by atoms with van der Waals surface area (Å²) < 4.78 is 0. The zero-order valence-electron chi connectivity index (χ0n) is 15.6. The molecule has 2 bridgehead atoms. The Labute approximate surface area is 173 Å². The lowest BCUT2D eigenvalue weighted by Crippen LogP contribution is -3.00. The van der Waals surface area contributed by atoms with E-state index < -0.39 is 6.04 Å². The van der Waals surface area contributed by atoms with E-state index >= 15 is 0 Å². The Morgan fingerprint density at radius 3 is 2.59 bits per heavy atom. The lowest BCUT2D eigenvalue weighted by molar-refractivity contribution is -0.126. The first kappa shape index (κ1) is 23.5. The van der Waals surface area contributed by atoms with Crippen LogP contribution in [0.15, 0.2) is 18.2 Å². The molecular formula is C18H27BrN4O3S. The van der Waals surface area contributed by atoms with Crippen LogP contribution in [-0.4, -0.2) is 49.4 Å². The maximum atomic E-state index is 12.6. The molecule has 0 aromatic heterocycles. The van der Waals surface area contributed by atoms with Crippen molar-refractivity contribution in [3.63, 3.8) is 0 Å². The number of amides is 3. The number of anilines is 1. The molecule has 1 unspecified atom stereocenters. The van der Waals surface area contributed by atoms with Gasteiger partial charge in [-0.25, -0.2) is 0 Å². The Kier molecular flexibility index (Phi) is 9.82. The number of rotatable bonds is 6. The molecule has 0 saturated carbocycles. The zero-order chi connectivity index (χ0) is 19.1. The van der Waals surface area contributed by atoms with Gasteiger partial charge in [0.2, 0.25) is 11.8 Å². The summed E-state index contributed by atoms with van der Waals surface area (Å²) in [5.74, 6) is -0.203. The highest BCUT2D eigenvalue weighted by Gasteiger charge is 2.24. The number of nitrogens with one attached hydrogen (secondary N) is 3. The van der Waals surface area contributed by atoms with Crippen LogP contribution in [0.2, 0.25) is 0 Å². The first-order chi connectivity index (χ1) is 12.4. The molecule has 2 rings (SSSR count). The second-order valence-electron chi connectivity index (χ2n) is 6.58. The standard InChI is InChI=1S/C18H26N4O3S.BrH/c1-26(2)11-12-6-7-13-9-14(12)17(24)20-10-16(23)22-15(18(25)21-13)5-3-4-8-19;/h6-7,9,15H,3-5,8,10-11,19H2,1-2H3,(H2-,20,21,22,23,24,25);1H. The molecule has 5 N–H and O–H groups in total. The molecule has 27 heavy (non-hydrogen) atoms. The molecule has 1 aromatic rings. The van der Waals surface area contributed by atoms with Crippen molar-refractivity contribution >= 4 is 34.3 Å². The van der Waals surface area contributed by atoms with E-state index in [4.69, 9.17) is 5.73 Å². The van der Waals surface area contributed by atoms with E-state index in [0.29, 0.717) is 24.2 Å². The van der Waals surface area contributed by atoms with Gasteiger partial charge in [0.05, 0.1) is 19.1 Å². The monoisotopic (exact) mass is 458 g/mol. The molecule has 150 valence electrons. The summed E-state index contributed by atoms with van der Waals surface area (Å²) in [6.07, 6.45) is 6.23. The van der Waals surface area contributed by atoms with Crippen LogP contribution in [-0.2, 0) is 26.2 Å². The van der Waals surface area contributed by atoms with Crippen LogP contribution < -0.4 is 38.7 Å². The van der Waals surface area contributed by atoms with Crippen molar-refractivity contribution < 1.29 is 31.4 Å². The number of carbonyl (C=O) groups is 3. The van der Waals surface area contributed by atoms with E-state index in [9.17, 15) is 14.4 Å². The average molecular weight is 459 g/mol. The molecule has 1 aromatic carbocycles. The van der Waals surface area contributed by atoms with Crippen LogP contribution in [0.1, 0.15) is 35.2 Å². The quantitative estimate of drug-likeness (QED) is 0.275. The first-order valence-electron chi connectivity index (χ1n) is 8.66. The number of hydrogen-bond acceptors (Lipinski definition) is 4. The molecule has 1 atom stereocenters. The summed E-state index contributed by atoms with van der Waals surface area (Å²) >= 11 is 0. The van der Waals surface area contributed by atoms with Gasteiger partial charge in [0.1, 0.15) is 11.8 Å². The minimum atomic E-state index is -0.649. The van der Waals surface area contributed by atoms with Crippen molar-refractivity contribution in [1.82, 2.24) is 10.6 Å². The number of halogens is 1. The third-order valence-corrected chi connectivity index (χ3v) is 4.96. The molecule has 0 spiro atoms. The summed E-state index contributed by atoms with van der Waals surface area (Å²) in [6.45, 7) is 0.382. The van der Waals surface area contributed by atoms with E-state index in [-0.39, 0.29) is 52.1 Å². The maximum absolute atomic E-state index is 12.6.